The molecule has 0 saturated carbocycles. The van der Waals surface area contributed by atoms with Crippen LogP contribution in [-0.2, 0) is 0 Å². The number of aliphatic hydroxyl groups is 1. The molecule has 2 nitrogen and oxygen atoms in total. The summed E-state index contributed by atoms with van der Waals surface area (Å²) in [6, 6.07) is 6.17. The molecule has 0 heterocycles. The average Bonchev–Trinajstić information content (AvgIpc) is 2.34. The van der Waals surface area contributed by atoms with E-state index in [0.717, 1.165) is 35.4 Å². The van der Waals surface area contributed by atoms with Crippen molar-refractivity contribution in [3.63, 3.8) is 0 Å². The molecule has 1 aromatic rings. The topological polar surface area (TPSA) is 23.5 Å². The number of aliphatic hydroxyl groups excluding tert-OH is 1. The lowest BCUT2D eigenvalue weighted by Crippen LogP contribution is -2.25. The van der Waals surface area contributed by atoms with Crippen molar-refractivity contribution in [2.24, 2.45) is 0 Å². The Hall–Kier alpha value is -0.0300. The molecule has 0 fully saturated rings. The molecule has 18 heavy (non-hydrogen) atoms. The highest BCUT2D eigenvalue weighted by molar-refractivity contribution is 9.10. The molecular formula is C14H22BrNOS. The molecule has 0 aliphatic rings. The molecule has 0 amide bonds. The van der Waals surface area contributed by atoms with Gasteiger partial charge in [-0.25, -0.2) is 0 Å². The van der Waals surface area contributed by atoms with Crippen molar-refractivity contribution in [2.45, 2.75) is 31.8 Å². The van der Waals surface area contributed by atoms with Gasteiger partial charge in [0.05, 0.1) is 6.10 Å². The SMILES string of the molecule is CCN(CC)CCSc1ccc([C@H](C)O)c(Br)c1. The van der Waals surface area contributed by atoms with Crippen molar-refractivity contribution >= 4 is 27.7 Å². The van der Waals surface area contributed by atoms with Crippen LogP contribution < -0.4 is 0 Å². The molecule has 1 N–H and O–H groups in total. The monoisotopic (exact) mass is 331 g/mol. The lowest BCUT2D eigenvalue weighted by Gasteiger charge is -2.17. The Labute approximate surface area is 123 Å². The second-order valence-corrected chi connectivity index (χ2v) is 6.26. The molecule has 102 valence electrons. The van der Waals surface area contributed by atoms with Gasteiger partial charge in [-0.1, -0.05) is 35.8 Å². The first-order chi connectivity index (χ1) is 8.58. The van der Waals surface area contributed by atoms with Crippen molar-refractivity contribution in [2.75, 3.05) is 25.4 Å². The van der Waals surface area contributed by atoms with Crippen molar-refractivity contribution in [1.82, 2.24) is 4.90 Å². The Morgan fingerprint density at radius 1 is 1.33 bits per heavy atom. The van der Waals surface area contributed by atoms with Gasteiger partial charge in [-0.15, -0.1) is 11.8 Å². The standard InChI is InChI=1S/C14H22BrNOS/c1-4-16(5-2)8-9-18-12-6-7-13(11(3)17)14(15)10-12/h6-7,10-11,17H,4-5,8-9H2,1-3H3/t11-/m0/s1. The number of benzene rings is 1. The highest BCUT2D eigenvalue weighted by atomic mass is 79.9. The molecule has 0 unspecified atom stereocenters. The lowest BCUT2D eigenvalue weighted by molar-refractivity contribution is 0.198. The van der Waals surface area contributed by atoms with E-state index in [1.54, 1.807) is 6.92 Å². The normalized spacial score (nSPS) is 13.0. The van der Waals surface area contributed by atoms with Crippen LogP contribution in [0, 0.1) is 0 Å². The summed E-state index contributed by atoms with van der Waals surface area (Å²) >= 11 is 5.37. The van der Waals surface area contributed by atoms with Crippen molar-refractivity contribution in [3.05, 3.63) is 28.2 Å². The predicted molar refractivity (Wildman–Crippen MR) is 83.3 cm³/mol. The van der Waals surface area contributed by atoms with Gasteiger partial charge in [-0.05, 0) is 37.7 Å². The Kier molecular flexibility index (Phi) is 7.30. The maximum absolute atomic E-state index is 9.56. The third-order valence-electron chi connectivity index (χ3n) is 2.99. The van der Waals surface area contributed by atoms with Gasteiger partial charge in [0.2, 0.25) is 0 Å². The summed E-state index contributed by atoms with van der Waals surface area (Å²) in [5, 5.41) is 9.56. The fourth-order valence-corrected chi connectivity index (χ4v) is 3.58. The van der Waals surface area contributed by atoms with Gasteiger partial charge in [-0.3, -0.25) is 0 Å². The molecule has 0 saturated heterocycles. The summed E-state index contributed by atoms with van der Waals surface area (Å²) in [6.45, 7) is 9.52. The zero-order valence-corrected chi connectivity index (χ0v) is 13.7. The second-order valence-electron chi connectivity index (χ2n) is 4.23. The quantitative estimate of drug-likeness (QED) is 0.765. The van der Waals surface area contributed by atoms with Crippen molar-refractivity contribution in [1.29, 1.82) is 0 Å². The maximum Gasteiger partial charge on any atom is 0.0772 e. The minimum Gasteiger partial charge on any atom is -0.389 e. The summed E-state index contributed by atoms with van der Waals surface area (Å²) in [5.41, 5.74) is 0.947. The van der Waals surface area contributed by atoms with E-state index in [2.05, 4.69) is 46.8 Å². The van der Waals surface area contributed by atoms with Crippen LogP contribution in [0.4, 0.5) is 0 Å². The van der Waals surface area contributed by atoms with Gasteiger partial charge in [-0.2, -0.15) is 0 Å². The maximum atomic E-state index is 9.56. The molecule has 1 rings (SSSR count). The van der Waals surface area contributed by atoms with E-state index >= 15 is 0 Å². The van der Waals surface area contributed by atoms with Crippen LogP contribution in [-0.4, -0.2) is 35.4 Å². The van der Waals surface area contributed by atoms with E-state index in [0.29, 0.717) is 0 Å². The Balaban J connectivity index is 2.51. The highest BCUT2D eigenvalue weighted by Crippen LogP contribution is 2.28. The predicted octanol–water partition coefficient (Wildman–Crippen LogP) is 3.94. The minimum absolute atomic E-state index is 0.422. The van der Waals surface area contributed by atoms with E-state index in [1.165, 1.54) is 4.90 Å². The number of thioether (sulfide) groups is 1. The minimum atomic E-state index is -0.422. The molecule has 0 aromatic heterocycles. The van der Waals surface area contributed by atoms with Crippen LogP contribution in [0.1, 0.15) is 32.4 Å². The second kappa shape index (κ2) is 8.20. The molecule has 4 heteroatoms. The molecule has 1 aromatic carbocycles. The van der Waals surface area contributed by atoms with Crippen molar-refractivity contribution < 1.29 is 5.11 Å². The summed E-state index contributed by atoms with van der Waals surface area (Å²) in [7, 11) is 0. The number of halogens is 1. The fraction of sp³-hybridized carbons (Fsp3) is 0.571. The molecule has 0 aliphatic heterocycles. The van der Waals surface area contributed by atoms with Crippen LogP contribution in [0.5, 0.6) is 0 Å². The largest absolute Gasteiger partial charge is 0.389 e. The summed E-state index contributed by atoms with van der Waals surface area (Å²) in [6.07, 6.45) is -0.422. The van der Waals surface area contributed by atoms with Crippen LogP contribution >= 0.6 is 27.7 Å². The van der Waals surface area contributed by atoms with Crippen LogP contribution in [0.25, 0.3) is 0 Å². The van der Waals surface area contributed by atoms with E-state index in [-0.39, 0.29) is 0 Å². The summed E-state index contributed by atoms with van der Waals surface area (Å²) < 4.78 is 0.991. The first kappa shape index (κ1) is 16.0. The van der Waals surface area contributed by atoms with Gasteiger partial charge in [0.15, 0.2) is 0 Å². The Morgan fingerprint density at radius 3 is 2.50 bits per heavy atom. The van der Waals surface area contributed by atoms with Gasteiger partial charge in [0.1, 0.15) is 0 Å². The smallest absolute Gasteiger partial charge is 0.0772 e. The van der Waals surface area contributed by atoms with Crippen LogP contribution in [0.2, 0.25) is 0 Å². The molecule has 0 bridgehead atoms. The molecular weight excluding hydrogens is 310 g/mol. The Morgan fingerprint density at radius 2 is 2.00 bits per heavy atom. The summed E-state index contributed by atoms with van der Waals surface area (Å²) in [4.78, 5) is 3.67. The Bertz CT molecular complexity index is 367. The lowest BCUT2D eigenvalue weighted by atomic mass is 10.1. The fourth-order valence-electron chi connectivity index (χ4n) is 1.77. The third kappa shape index (κ3) is 4.92. The van der Waals surface area contributed by atoms with E-state index in [4.69, 9.17) is 0 Å². The number of nitrogens with zero attached hydrogens (tertiary/aromatic N) is 1. The average molecular weight is 332 g/mol. The highest BCUT2D eigenvalue weighted by Gasteiger charge is 2.07. The van der Waals surface area contributed by atoms with Gasteiger partial charge < -0.3 is 10.0 Å². The van der Waals surface area contributed by atoms with E-state index < -0.39 is 6.10 Å². The van der Waals surface area contributed by atoms with Gasteiger partial charge in [0.25, 0.3) is 0 Å². The van der Waals surface area contributed by atoms with E-state index in [1.807, 2.05) is 17.8 Å². The number of hydrogen-bond acceptors (Lipinski definition) is 3. The van der Waals surface area contributed by atoms with Crippen molar-refractivity contribution in [3.8, 4) is 0 Å². The zero-order chi connectivity index (χ0) is 13.5. The zero-order valence-electron chi connectivity index (χ0n) is 11.3. The molecule has 0 aliphatic carbocycles. The van der Waals surface area contributed by atoms with Gasteiger partial charge >= 0.3 is 0 Å². The molecule has 1 atom stereocenters. The van der Waals surface area contributed by atoms with Gasteiger partial charge in [0, 0.05) is 21.7 Å². The number of rotatable bonds is 7. The van der Waals surface area contributed by atoms with Crippen LogP contribution in [0.3, 0.4) is 0 Å². The third-order valence-corrected chi connectivity index (χ3v) is 4.65. The summed E-state index contributed by atoms with van der Waals surface area (Å²) in [5.74, 6) is 1.10. The first-order valence-corrected chi connectivity index (χ1v) is 8.19. The molecule has 0 radical (unpaired) electrons. The van der Waals surface area contributed by atoms with E-state index in [9.17, 15) is 5.11 Å². The van der Waals surface area contributed by atoms with Crippen LogP contribution in [0.15, 0.2) is 27.6 Å². The number of hydrogen-bond donors (Lipinski definition) is 1. The first-order valence-electron chi connectivity index (χ1n) is 6.41. The molecule has 0 spiro atoms.